The van der Waals surface area contributed by atoms with Gasteiger partial charge in [-0.15, -0.1) is 0 Å². The number of hydrazone groups is 1. The lowest BCUT2D eigenvalue weighted by Gasteiger charge is -2.31. The maximum absolute atomic E-state index is 12.3. The van der Waals surface area contributed by atoms with Gasteiger partial charge >= 0.3 is 6.03 Å². The van der Waals surface area contributed by atoms with Crippen LogP contribution in [-0.2, 0) is 4.74 Å². The van der Waals surface area contributed by atoms with Crippen molar-refractivity contribution in [3.8, 4) is 0 Å². The molecule has 1 heterocycles. The highest BCUT2D eigenvalue weighted by molar-refractivity contribution is 6.30. The second kappa shape index (κ2) is 12.6. The quantitative estimate of drug-likeness (QED) is 0.352. The van der Waals surface area contributed by atoms with Crippen molar-refractivity contribution in [2.24, 2.45) is 5.10 Å². The topological polar surface area (TPSA) is 69.2 Å². The number of amides is 2. The molecule has 190 valence electrons. The van der Waals surface area contributed by atoms with Crippen molar-refractivity contribution >= 4 is 41.3 Å². The van der Waals surface area contributed by atoms with Gasteiger partial charge in [-0.3, -0.25) is 0 Å². The number of allylic oxidation sites excluding steroid dienone is 2. The van der Waals surface area contributed by atoms with Crippen LogP contribution in [0.15, 0.2) is 70.5 Å². The molecule has 36 heavy (non-hydrogen) atoms. The van der Waals surface area contributed by atoms with E-state index in [0.29, 0.717) is 23.9 Å². The molecule has 2 amide bonds. The van der Waals surface area contributed by atoms with Gasteiger partial charge < -0.3 is 19.9 Å². The minimum absolute atomic E-state index is 0.413. The van der Waals surface area contributed by atoms with Crippen molar-refractivity contribution in [1.29, 1.82) is 0 Å². The Morgan fingerprint density at radius 3 is 2.56 bits per heavy atom. The lowest BCUT2D eigenvalue weighted by molar-refractivity contribution is 0.0548. The summed E-state index contributed by atoms with van der Waals surface area (Å²) >= 11 is 5.99. The third-order valence-electron chi connectivity index (χ3n) is 6.43. The number of hydrogen-bond acceptors (Lipinski definition) is 5. The molecule has 1 aliphatic carbocycles. The van der Waals surface area contributed by atoms with Crippen molar-refractivity contribution in [3.05, 3.63) is 76.0 Å². The van der Waals surface area contributed by atoms with E-state index in [1.807, 2.05) is 0 Å². The number of carbonyl (C=O) groups is 1. The number of morpholine rings is 1. The number of benzene rings is 2. The average molecular weight is 508 g/mol. The number of urea groups is 1. The second-order valence-electron chi connectivity index (χ2n) is 8.74. The molecule has 8 heteroatoms. The number of nitrogens with zero attached hydrogens (tertiary/aromatic N) is 3. The Labute approximate surface area is 218 Å². The predicted octanol–water partition coefficient (Wildman–Crippen LogP) is 5.76. The summed E-state index contributed by atoms with van der Waals surface area (Å²) in [6, 6.07) is 15.3. The first-order chi connectivity index (χ1) is 17.6. The number of halogens is 1. The van der Waals surface area contributed by atoms with Crippen LogP contribution in [0.25, 0.3) is 6.08 Å². The first-order valence-electron chi connectivity index (χ1n) is 12.5. The van der Waals surface area contributed by atoms with Crippen LogP contribution < -0.4 is 15.6 Å². The third-order valence-corrected chi connectivity index (χ3v) is 6.67. The summed E-state index contributed by atoms with van der Waals surface area (Å²) in [7, 11) is 0. The smallest absolute Gasteiger partial charge is 0.339 e. The first kappa shape index (κ1) is 25.8. The summed E-state index contributed by atoms with van der Waals surface area (Å²) in [5.41, 5.74) is 9.21. The third kappa shape index (κ3) is 6.68. The van der Waals surface area contributed by atoms with Gasteiger partial charge in [0.1, 0.15) is 0 Å². The molecular formula is C28H34ClN5O2. The van der Waals surface area contributed by atoms with E-state index in [2.05, 4.69) is 69.8 Å². The molecule has 2 aromatic rings. The summed E-state index contributed by atoms with van der Waals surface area (Å²) < 4.78 is 5.59. The normalized spacial score (nSPS) is 17.2. The molecule has 7 nitrogen and oxygen atoms in total. The van der Waals surface area contributed by atoms with E-state index in [4.69, 9.17) is 16.3 Å². The maximum atomic E-state index is 12.3. The van der Waals surface area contributed by atoms with Crippen LogP contribution in [0.1, 0.15) is 32.3 Å². The zero-order chi connectivity index (χ0) is 25.3. The van der Waals surface area contributed by atoms with Crippen LogP contribution in [0.3, 0.4) is 0 Å². The zero-order valence-corrected chi connectivity index (χ0v) is 21.7. The summed E-state index contributed by atoms with van der Waals surface area (Å²) in [4.78, 5) is 17.0. The minimum atomic E-state index is -0.413. The van der Waals surface area contributed by atoms with Gasteiger partial charge in [-0.05, 0) is 79.8 Å². The first-order valence-corrected chi connectivity index (χ1v) is 12.9. The highest BCUT2D eigenvalue weighted by Crippen LogP contribution is 2.35. The molecule has 2 aromatic carbocycles. The van der Waals surface area contributed by atoms with Crippen LogP contribution in [0.2, 0.25) is 5.02 Å². The monoisotopic (exact) mass is 507 g/mol. The molecule has 4 rings (SSSR count). The number of carbonyl (C=O) groups excluding carboxylic acids is 1. The van der Waals surface area contributed by atoms with Gasteiger partial charge in [-0.25, -0.2) is 10.2 Å². The number of rotatable bonds is 8. The molecule has 0 saturated carbocycles. The fourth-order valence-corrected chi connectivity index (χ4v) is 4.83. The van der Waals surface area contributed by atoms with Crippen molar-refractivity contribution in [3.63, 3.8) is 0 Å². The molecule has 1 saturated heterocycles. The molecule has 0 unspecified atom stereocenters. The summed E-state index contributed by atoms with van der Waals surface area (Å²) in [6.45, 7) is 9.44. The Balaban J connectivity index is 1.50. The molecule has 0 bridgehead atoms. The van der Waals surface area contributed by atoms with Gasteiger partial charge in [0.15, 0.2) is 0 Å². The molecule has 0 spiro atoms. The number of anilines is 2. The van der Waals surface area contributed by atoms with Gasteiger partial charge in [-0.1, -0.05) is 29.8 Å². The Hall–Kier alpha value is -3.29. The van der Waals surface area contributed by atoms with E-state index in [1.165, 1.54) is 22.5 Å². The van der Waals surface area contributed by atoms with Crippen LogP contribution in [-0.4, -0.2) is 56.5 Å². The van der Waals surface area contributed by atoms with E-state index >= 15 is 0 Å². The Morgan fingerprint density at radius 1 is 1.11 bits per heavy atom. The minimum Gasteiger partial charge on any atom is -0.378 e. The SMILES string of the molecule is CCN(CC)c1ccc(/C=C2\CCC(/C=N\NC(=O)Nc3cccc(Cl)c3)=C2N2CCOCC2)cc1. The largest absolute Gasteiger partial charge is 0.378 e. The Morgan fingerprint density at radius 2 is 1.86 bits per heavy atom. The highest BCUT2D eigenvalue weighted by atomic mass is 35.5. The average Bonchev–Trinajstić information content (AvgIpc) is 3.28. The van der Waals surface area contributed by atoms with Crippen molar-refractivity contribution in [1.82, 2.24) is 10.3 Å². The van der Waals surface area contributed by atoms with E-state index < -0.39 is 6.03 Å². The van der Waals surface area contributed by atoms with Gasteiger partial charge in [0.25, 0.3) is 0 Å². The molecule has 0 radical (unpaired) electrons. The lowest BCUT2D eigenvalue weighted by Crippen LogP contribution is -2.36. The van der Waals surface area contributed by atoms with Gasteiger partial charge in [0.05, 0.1) is 19.4 Å². The summed E-state index contributed by atoms with van der Waals surface area (Å²) in [5.74, 6) is 0. The van der Waals surface area contributed by atoms with Crippen molar-refractivity contribution in [2.45, 2.75) is 26.7 Å². The number of nitrogens with one attached hydrogen (secondary N) is 2. The van der Waals surface area contributed by atoms with Crippen LogP contribution in [0.4, 0.5) is 16.2 Å². The second-order valence-corrected chi connectivity index (χ2v) is 9.18. The molecule has 0 atom stereocenters. The van der Waals surface area contributed by atoms with E-state index in [0.717, 1.165) is 44.6 Å². The fourth-order valence-electron chi connectivity index (χ4n) is 4.64. The van der Waals surface area contributed by atoms with Crippen molar-refractivity contribution in [2.75, 3.05) is 49.6 Å². The van der Waals surface area contributed by atoms with Gasteiger partial charge in [0.2, 0.25) is 0 Å². The van der Waals surface area contributed by atoms with E-state index in [9.17, 15) is 4.79 Å². The van der Waals surface area contributed by atoms with Crippen LogP contribution >= 0.6 is 11.6 Å². The fraction of sp³-hybridized carbons (Fsp3) is 0.357. The standard InChI is InChI=1S/C28H34ClN5O2/c1-3-33(4-2)26-12-8-21(9-13-26)18-22-10-11-23(27(22)34-14-16-36-17-15-34)20-30-32-28(35)31-25-7-5-6-24(29)19-25/h5-9,12-13,18-20H,3-4,10-11,14-17H2,1-2H3,(H2,31,32,35)/b22-18+,30-20-. The van der Waals surface area contributed by atoms with Gasteiger partial charge in [0, 0.05) is 48.3 Å². The van der Waals surface area contributed by atoms with E-state index in [1.54, 1.807) is 30.5 Å². The Bertz CT molecular complexity index is 1130. The number of ether oxygens (including phenoxy) is 1. The molecular weight excluding hydrogens is 474 g/mol. The van der Waals surface area contributed by atoms with E-state index in [-0.39, 0.29) is 0 Å². The summed E-state index contributed by atoms with van der Waals surface area (Å²) in [6.07, 6.45) is 5.85. The summed E-state index contributed by atoms with van der Waals surface area (Å²) in [5, 5.41) is 7.54. The van der Waals surface area contributed by atoms with Gasteiger partial charge in [-0.2, -0.15) is 5.10 Å². The highest BCUT2D eigenvalue weighted by Gasteiger charge is 2.25. The van der Waals surface area contributed by atoms with Crippen molar-refractivity contribution < 1.29 is 9.53 Å². The van der Waals surface area contributed by atoms with Crippen LogP contribution in [0.5, 0.6) is 0 Å². The molecule has 2 N–H and O–H groups in total. The number of hydrogen-bond donors (Lipinski definition) is 2. The maximum Gasteiger partial charge on any atom is 0.339 e. The van der Waals surface area contributed by atoms with Crippen LogP contribution in [0, 0.1) is 0 Å². The molecule has 1 fully saturated rings. The zero-order valence-electron chi connectivity index (χ0n) is 21.0. The molecule has 1 aliphatic heterocycles. The lowest BCUT2D eigenvalue weighted by atomic mass is 10.1. The molecule has 2 aliphatic rings. The Kier molecular flexibility index (Phi) is 9.03. The molecule has 0 aromatic heterocycles. The predicted molar refractivity (Wildman–Crippen MR) is 149 cm³/mol.